The van der Waals surface area contributed by atoms with Gasteiger partial charge in [-0.1, -0.05) is 111 Å². The Bertz CT molecular complexity index is 1920. The average Bonchev–Trinajstić information content (AvgIpc) is 3.40. The van der Waals surface area contributed by atoms with Gasteiger partial charge in [-0.2, -0.15) is 0 Å². The maximum absolute atomic E-state index is 15.1. The van der Waals surface area contributed by atoms with E-state index in [1.54, 1.807) is 11.3 Å². The Balaban J connectivity index is 0.000000347. The SMILES string of the molecule is CC(C)(C)Cc1ccc2c(c1)sc1c(-c3[c-]c4ccccc4c(C(C)(C)C)c3)ncc(F)c12.CCC(CC)C(=O)/C=C(\O)C(CC)CC.[Ir]. The largest absolute Gasteiger partial charge is 0.512 e. The Labute approximate surface area is 310 Å². The monoisotopic (exact) mass is 859 g/mol. The zero-order chi connectivity index (χ0) is 35.4. The van der Waals surface area contributed by atoms with Crippen LogP contribution in [-0.2, 0) is 36.7 Å². The minimum absolute atomic E-state index is 0. The molecular weight excluding hydrogens is 806 g/mol. The molecular formula is C43H53FIrNO2S-. The molecule has 0 saturated heterocycles. The van der Waals surface area contributed by atoms with Crippen LogP contribution in [0.2, 0.25) is 0 Å². The Morgan fingerprint density at radius 2 is 1.55 bits per heavy atom. The summed E-state index contributed by atoms with van der Waals surface area (Å²) in [5, 5.41) is 13.7. The summed E-state index contributed by atoms with van der Waals surface area (Å²) in [5.74, 6) is 0.284. The summed E-state index contributed by atoms with van der Waals surface area (Å²) in [6.45, 7) is 21.5. The third-order valence-electron chi connectivity index (χ3n) is 9.17. The molecule has 2 heterocycles. The first kappa shape index (κ1) is 40.5. The van der Waals surface area contributed by atoms with Gasteiger partial charge in [-0.25, -0.2) is 4.39 Å². The molecule has 3 nitrogen and oxygen atoms in total. The van der Waals surface area contributed by atoms with Gasteiger partial charge in [0.15, 0.2) is 5.78 Å². The van der Waals surface area contributed by atoms with Crippen molar-refractivity contribution in [2.45, 2.75) is 107 Å². The predicted molar refractivity (Wildman–Crippen MR) is 205 cm³/mol. The zero-order valence-corrected chi connectivity index (χ0v) is 34.1. The zero-order valence-electron chi connectivity index (χ0n) is 30.9. The molecule has 0 bridgehead atoms. The number of aromatic nitrogens is 1. The molecule has 0 saturated carbocycles. The minimum Gasteiger partial charge on any atom is -0.512 e. The van der Waals surface area contributed by atoms with Crippen molar-refractivity contribution in [1.29, 1.82) is 0 Å². The number of halogens is 1. The Morgan fingerprint density at radius 1 is 0.918 bits per heavy atom. The number of allylic oxidation sites excluding steroid dienone is 2. The summed E-state index contributed by atoms with van der Waals surface area (Å²) < 4.78 is 17.1. The molecule has 0 fully saturated rings. The van der Waals surface area contributed by atoms with E-state index in [-0.39, 0.29) is 60.1 Å². The standard InChI is InChI=1S/C30H29FNS.C13H24O2.Ir/c1-29(2,3)16-18-11-12-22-25(13-18)33-28-26(22)24(31)17-32-27(28)20-14-19-9-7-8-10-21(19)23(15-20)30(4,5)6;1-5-10(6-2)12(14)9-13(15)11(7-3)8-4;/h7-13,15,17H,16H2,1-6H3;9-11,14H,5-8H2,1-4H3;/q-1;;/b;12-9-;. The van der Waals surface area contributed by atoms with Crippen LogP contribution in [0, 0.1) is 29.1 Å². The molecule has 265 valence electrons. The third kappa shape index (κ3) is 9.66. The van der Waals surface area contributed by atoms with E-state index in [1.165, 1.54) is 28.8 Å². The fourth-order valence-electron chi connectivity index (χ4n) is 6.46. The second-order valence-electron chi connectivity index (χ2n) is 15.2. The van der Waals surface area contributed by atoms with Crippen molar-refractivity contribution >= 4 is 48.1 Å². The maximum atomic E-state index is 15.1. The molecule has 6 heteroatoms. The number of nitrogens with zero attached hydrogens (tertiary/aromatic N) is 1. The molecule has 0 atom stereocenters. The van der Waals surface area contributed by atoms with Crippen molar-refractivity contribution in [2.24, 2.45) is 17.3 Å². The normalized spacial score (nSPS) is 12.5. The fraction of sp³-hybridized carbons (Fsp3) is 0.442. The first-order valence-electron chi connectivity index (χ1n) is 17.5. The predicted octanol–water partition coefficient (Wildman–Crippen LogP) is 13.0. The number of pyridine rings is 1. The minimum atomic E-state index is -0.264. The molecule has 49 heavy (non-hydrogen) atoms. The topological polar surface area (TPSA) is 50.2 Å². The van der Waals surface area contributed by atoms with E-state index in [4.69, 9.17) is 0 Å². The number of thiophene rings is 1. The van der Waals surface area contributed by atoms with Crippen molar-refractivity contribution in [3.63, 3.8) is 0 Å². The van der Waals surface area contributed by atoms with Crippen LogP contribution >= 0.6 is 11.3 Å². The third-order valence-corrected chi connectivity index (χ3v) is 10.3. The van der Waals surface area contributed by atoms with Crippen LogP contribution in [-0.4, -0.2) is 15.9 Å². The van der Waals surface area contributed by atoms with Crippen molar-refractivity contribution in [1.82, 2.24) is 4.98 Å². The van der Waals surface area contributed by atoms with E-state index in [9.17, 15) is 9.90 Å². The number of benzene rings is 3. The van der Waals surface area contributed by atoms with E-state index in [1.807, 2.05) is 33.8 Å². The molecule has 5 aromatic rings. The molecule has 1 N–H and O–H groups in total. The van der Waals surface area contributed by atoms with Gasteiger partial charge in [-0.05, 0) is 54.6 Å². The number of rotatable bonds is 9. The summed E-state index contributed by atoms with van der Waals surface area (Å²) in [5.41, 5.74) is 4.42. The number of fused-ring (bicyclic) bond motifs is 4. The summed E-state index contributed by atoms with van der Waals surface area (Å²) in [4.78, 5) is 16.3. The van der Waals surface area contributed by atoms with Crippen LogP contribution in [0.25, 0.3) is 42.2 Å². The van der Waals surface area contributed by atoms with Gasteiger partial charge in [-0.3, -0.25) is 9.78 Å². The molecule has 5 rings (SSSR count). The van der Waals surface area contributed by atoms with Crippen molar-refractivity contribution in [3.05, 3.63) is 89.6 Å². The van der Waals surface area contributed by atoms with Crippen LogP contribution in [0.4, 0.5) is 4.39 Å². The van der Waals surface area contributed by atoms with Gasteiger partial charge >= 0.3 is 0 Å². The number of ketones is 1. The van der Waals surface area contributed by atoms with Crippen LogP contribution < -0.4 is 0 Å². The molecule has 0 unspecified atom stereocenters. The number of hydrogen-bond donors (Lipinski definition) is 1. The second kappa shape index (κ2) is 16.9. The molecule has 0 amide bonds. The summed E-state index contributed by atoms with van der Waals surface area (Å²) >= 11 is 1.63. The maximum Gasteiger partial charge on any atom is 0.162 e. The summed E-state index contributed by atoms with van der Waals surface area (Å²) in [7, 11) is 0. The number of carbonyl (C=O) groups excluding carboxylic acids is 1. The summed E-state index contributed by atoms with van der Waals surface area (Å²) in [6, 6.07) is 20.6. The molecule has 3 aromatic carbocycles. The van der Waals surface area contributed by atoms with Gasteiger partial charge in [0.25, 0.3) is 0 Å². The molecule has 0 aliphatic heterocycles. The smallest absolute Gasteiger partial charge is 0.162 e. The second-order valence-corrected chi connectivity index (χ2v) is 16.3. The van der Waals surface area contributed by atoms with E-state index in [0.717, 1.165) is 63.5 Å². The van der Waals surface area contributed by atoms with Gasteiger partial charge < -0.3 is 5.11 Å². The number of hydrogen-bond acceptors (Lipinski definition) is 4. The number of aliphatic hydroxyl groups is 1. The van der Waals surface area contributed by atoms with Crippen molar-refractivity contribution < 1.29 is 34.4 Å². The Morgan fingerprint density at radius 3 is 2.14 bits per heavy atom. The van der Waals surface area contributed by atoms with Crippen molar-refractivity contribution in [3.8, 4) is 11.3 Å². The van der Waals surface area contributed by atoms with Gasteiger partial charge in [0, 0.05) is 63.9 Å². The van der Waals surface area contributed by atoms with Gasteiger partial charge in [0.2, 0.25) is 0 Å². The van der Waals surface area contributed by atoms with Crippen LogP contribution in [0.5, 0.6) is 0 Å². The van der Waals surface area contributed by atoms with E-state index < -0.39 is 0 Å². The van der Waals surface area contributed by atoms with Gasteiger partial charge in [-0.15, -0.1) is 40.5 Å². The van der Waals surface area contributed by atoms with Crippen LogP contribution in [0.1, 0.15) is 106 Å². The quantitative estimate of drug-likeness (QED) is 0.0913. The molecule has 1 radical (unpaired) electrons. The van der Waals surface area contributed by atoms with E-state index in [0.29, 0.717) is 5.39 Å². The average molecular weight is 859 g/mol. The molecule has 0 spiro atoms. The van der Waals surface area contributed by atoms with Crippen molar-refractivity contribution in [2.75, 3.05) is 0 Å². The number of aliphatic hydroxyl groups excluding tert-OH is 1. The van der Waals surface area contributed by atoms with Crippen LogP contribution in [0.15, 0.2) is 66.6 Å². The molecule has 0 aliphatic rings. The first-order valence-corrected chi connectivity index (χ1v) is 18.3. The number of carbonyl (C=O) groups is 1. The molecule has 2 aromatic heterocycles. The van der Waals surface area contributed by atoms with Gasteiger partial charge in [0.1, 0.15) is 5.82 Å². The van der Waals surface area contributed by atoms with Crippen LogP contribution in [0.3, 0.4) is 0 Å². The Kier molecular flexibility index (Phi) is 13.9. The van der Waals surface area contributed by atoms with Gasteiger partial charge in [0.05, 0.1) is 12.0 Å². The van der Waals surface area contributed by atoms with E-state index in [2.05, 4.69) is 95.1 Å². The summed E-state index contributed by atoms with van der Waals surface area (Å²) in [6.07, 6.45) is 7.26. The first-order chi connectivity index (χ1) is 22.6. The fourth-order valence-corrected chi connectivity index (χ4v) is 7.74. The molecule has 0 aliphatic carbocycles. The van der Waals surface area contributed by atoms with E-state index >= 15 is 4.39 Å². The Hall–Kier alpha value is -2.92.